The van der Waals surface area contributed by atoms with E-state index in [0.29, 0.717) is 17.9 Å². The Morgan fingerprint density at radius 1 is 1.13 bits per heavy atom. The van der Waals surface area contributed by atoms with E-state index < -0.39 is 5.41 Å². The highest BCUT2D eigenvalue weighted by Gasteiger charge is 2.21. The number of rotatable bonds is 4. The Morgan fingerprint density at radius 3 is 2.26 bits per heavy atom. The topological polar surface area (TPSA) is 79.5 Å². The summed E-state index contributed by atoms with van der Waals surface area (Å²) in [5.41, 5.74) is 0.929. The Bertz CT molecular complexity index is 543. The third-order valence-corrected chi connectivity index (χ3v) is 3.60. The summed E-state index contributed by atoms with van der Waals surface area (Å²) in [6.07, 6.45) is 2.16. The number of ether oxygens (including phenoxy) is 1. The van der Waals surface area contributed by atoms with Crippen molar-refractivity contribution in [2.45, 2.75) is 39.7 Å². The van der Waals surface area contributed by atoms with E-state index in [1.807, 2.05) is 20.8 Å². The molecule has 6 nitrogen and oxygen atoms in total. The number of amides is 3. The standard InChI is InChI=1S/C17H25N3O3/c1-17(2,3)15(21)19-12-6-8-13(9-7-12)20-16(22)18-11-14-5-4-10-23-14/h6-9,14H,4-5,10-11H2,1-3H3,(H,19,21)(H2,18,20,22). The zero-order valence-electron chi connectivity index (χ0n) is 13.9. The van der Waals surface area contributed by atoms with E-state index in [1.165, 1.54) is 0 Å². The normalized spacial score (nSPS) is 17.6. The van der Waals surface area contributed by atoms with E-state index in [-0.39, 0.29) is 18.0 Å². The molecule has 1 unspecified atom stereocenters. The third kappa shape index (κ3) is 5.56. The number of benzene rings is 1. The van der Waals surface area contributed by atoms with Gasteiger partial charge in [-0.3, -0.25) is 4.79 Å². The van der Waals surface area contributed by atoms with Crippen LogP contribution in [0.2, 0.25) is 0 Å². The molecule has 6 heteroatoms. The van der Waals surface area contributed by atoms with Gasteiger partial charge in [0, 0.05) is 29.9 Å². The number of carbonyl (C=O) groups excluding carboxylic acids is 2. The van der Waals surface area contributed by atoms with Crippen LogP contribution in [0, 0.1) is 5.41 Å². The van der Waals surface area contributed by atoms with E-state index in [4.69, 9.17) is 4.74 Å². The lowest BCUT2D eigenvalue weighted by molar-refractivity contribution is -0.123. The molecule has 126 valence electrons. The van der Waals surface area contributed by atoms with Crippen molar-refractivity contribution in [1.29, 1.82) is 0 Å². The number of hydrogen-bond donors (Lipinski definition) is 3. The summed E-state index contributed by atoms with van der Waals surface area (Å²) in [4.78, 5) is 23.7. The minimum Gasteiger partial charge on any atom is -0.376 e. The minimum atomic E-state index is -0.445. The van der Waals surface area contributed by atoms with Crippen LogP contribution in [0.5, 0.6) is 0 Å². The van der Waals surface area contributed by atoms with Gasteiger partial charge in [-0.25, -0.2) is 4.79 Å². The number of urea groups is 1. The number of anilines is 2. The maximum atomic E-state index is 11.9. The van der Waals surface area contributed by atoms with Crippen LogP contribution < -0.4 is 16.0 Å². The predicted octanol–water partition coefficient (Wildman–Crippen LogP) is 2.97. The second-order valence-electron chi connectivity index (χ2n) is 6.75. The third-order valence-electron chi connectivity index (χ3n) is 3.60. The average molecular weight is 319 g/mol. The van der Waals surface area contributed by atoms with Gasteiger partial charge < -0.3 is 20.7 Å². The summed E-state index contributed by atoms with van der Waals surface area (Å²) in [6.45, 7) is 6.87. The quantitative estimate of drug-likeness (QED) is 0.798. The molecule has 23 heavy (non-hydrogen) atoms. The molecule has 3 amide bonds. The summed E-state index contributed by atoms with van der Waals surface area (Å²) in [5, 5.41) is 8.39. The molecule has 3 N–H and O–H groups in total. The van der Waals surface area contributed by atoms with Crippen LogP contribution in [-0.4, -0.2) is 31.2 Å². The van der Waals surface area contributed by atoms with Crippen LogP contribution >= 0.6 is 0 Å². The highest BCUT2D eigenvalue weighted by atomic mass is 16.5. The monoisotopic (exact) mass is 319 g/mol. The Kier molecular flexibility index (Phi) is 5.60. The zero-order valence-corrected chi connectivity index (χ0v) is 13.9. The van der Waals surface area contributed by atoms with E-state index in [1.54, 1.807) is 24.3 Å². The molecule has 0 aliphatic carbocycles. The van der Waals surface area contributed by atoms with Crippen LogP contribution in [0.1, 0.15) is 33.6 Å². The lowest BCUT2D eigenvalue weighted by atomic mass is 9.95. The first kappa shape index (κ1) is 17.3. The Hall–Kier alpha value is -2.08. The van der Waals surface area contributed by atoms with Gasteiger partial charge in [-0.05, 0) is 37.1 Å². The molecular weight excluding hydrogens is 294 g/mol. The fourth-order valence-electron chi connectivity index (χ4n) is 2.14. The fraction of sp³-hybridized carbons (Fsp3) is 0.529. The Balaban J connectivity index is 1.79. The molecule has 0 saturated carbocycles. The number of hydrogen-bond acceptors (Lipinski definition) is 3. The van der Waals surface area contributed by atoms with E-state index in [9.17, 15) is 9.59 Å². The molecular formula is C17H25N3O3. The average Bonchev–Trinajstić information content (AvgIpc) is 2.99. The predicted molar refractivity (Wildman–Crippen MR) is 90.5 cm³/mol. The van der Waals surface area contributed by atoms with Crippen LogP contribution in [0.4, 0.5) is 16.2 Å². The van der Waals surface area contributed by atoms with E-state index in [2.05, 4.69) is 16.0 Å². The van der Waals surface area contributed by atoms with Crippen LogP contribution in [0.25, 0.3) is 0 Å². The SMILES string of the molecule is CC(C)(C)C(=O)Nc1ccc(NC(=O)NCC2CCCO2)cc1. The molecule has 1 aliphatic rings. The van der Waals surface area contributed by atoms with Gasteiger partial charge in [-0.1, -0.05) is 20.8 Å². The van der Waals surface area contributed by atoms with Gasteiger partial charge in [-0.15, -0.1) is 0 Å². The molecule has 1 aliphatic heterocycles. The van der Waals surface area contributed by atoms with Crippen molar-refractivity contribution in [1.82, 2.24) is 5.32 Å². The van der Waals surface area contributed by atoms with Gasteiger partial charge in [0.2, 0.25) is 5.91 Å². The zero-order chi connectivity index (χ0) is 16.9. The maximum absolute atomic E-state index is 11.9. The molecule has 1 saturated heterocycles. The molecule has 1 heterocycles. The van der Waals surface area contributed by atoms with Crippen molar-refractivity contribution in [3.63, 3.8) is 0 Å². The van der Waals surface area contributed by atoms with Crippen molar-refractivity contribution in [2.75, 3.05) is 23.8 Å². The van der Waals surface area contributed by atoms with Gasteiger partial charge in [0.1, 0.15) is 0 Å². The molecule has 0 bridgehead atoms. The lowest BCUT2D eigenvalue weighted by Gasteiger charge is -2.17. The second kappa shape index (κ2) is 7.46. The van der Waals surface area contributed by atoms with Crippen molar-refractivity contribution in [3.05, 3.63) is 24.3 Å². The molecule has 0 spiro atoms. The largest absolute Gasteiger partial charge is 0.376 e. The van der Waals surface area contributed by atoms with Crippen LogP contribution in [0.3, 0.4) is 0 Å². The molecule has 1 atom stereocenters. The summed E-state index contributed by atoms with van der Waals surface area (Å²) in [7, 11) is 0. The summed E-state index contributed by atoms with van der Waals surface area (Å²) >= 11 is 0. The lowest BCUT2D eigenvalue weighted by Crippen LogP contribution is -2.35. The Labute approximate surface area is 137 Å². The summed E-state index contributed by atoms with van der Waals surface area (Å²) < 4.78 is 5.45. The van der Waals surface area contributed by atoms with Gasteiger partial charge >= 0.3 is 6.03 Å². The van der Waals surface area contributed by atoms with Crippen LogP contribution in [0.15, 0.2) is 24.3 Å². The van der Waals surface area contributed by atoms with E-state index in [0.717, 1.165) is 19.4 Å². The smallest absolute Gasteiger partial charge is 0.319 e. The molecule has 0 radical (unpaired) electrons. The fourth-order valence-corrected chi connectivity index (χ4v) is 2.14. The Morgan fingerprint density at radius 2 is 1.74 bits per heavy atom. The van der Waals surface area contributed by atoms with Gasteiger partial charge in [0.15, 0.2) is 0 Å². The summed E-state index contributed by atoms with van der Waals surface area (Å²) in [6, 6.07) is 6.78. The van der Waals surface area contributed by atoms with Gasteiger partial charge in [0.05, 0.1) is 6.10 Å². The molecule has 1 fully saturated rings. The molecule has 1 aromatic carbocycles. The van der Waals surface area contributed by atoms with E-state index >= 15 is 0 Å². The summed E-state index contributed by atoms with van der Waals surface area (Å²) in [5.74, 6) is -0.0486. The maximum Gasteiger partial charge on any atom is 0.319 e. The highest BCUT2D eigenvalue weighted by Crippen LogP contribution is 2.19. The second-order valence-corrected chi connectivity index (χ2v) is 6.75. The first-order valence-corrected chi connectivity index (χ1v) is 7.92. The van der Waals surface area contributed by atoms with Crippen molar-refractivity contribution >= 4 is 23.3 Å². The molecule has 1 aromatic rings. The van der Waals surface area contributed by atoms with Gasteiger partial charge in [-0.2, -0.15) is 0 Å². The molecule has 2 rings (SSSR count). The first-order chi connectivity index (χ1) is 10.8. The van der Waals surface area contributed by atoms with Crippen LogP contribution in [-0.2, 0) is 9.53 Å². The van der Waals surface area contributed by atoms with Crippen molar-refractivity contribution in [3.8, 4) is 0 Å². The molecule has 0 aromatic heterocycles. The van der Waals surface area contributed by atoms with Gasteiger partial charge in [0.25, 0.3) is 0 Å². The minimum absolute atomic E-state index is 0.0486. The highest BCUT2D eigenvalue weighted by molar-refractivity contribution is 5.95. The van der Waals surface area contributed by atoms with Crippen molar-refractivity contribution in [2.24, 2.45) is 5.41 Å². The number of carbonyl (C=O) groups is 2. The first-order valence-electron chi connectivity index (χ1n) is 7.92. The van der Waals surface area contributed by atoms with Crippen molar-refractivity contribution < 1.29 is 14.3 Å². The number of nitrogens with one attached hydrogen (secondary N) is 3.